The normalized spacial score (nSPS) is 23.5. The summed E-state index contributed by atoms with van der Waals surface area (Å²) in [6.45, 7) is 3.60. The number of rotatable bonds is 13. The Kier molecular flexibility index (Phi) is 12.0. The molecule has 1 N–H and O–H groups in total. The zero-order valence-electron chi connectivity index (χ0n) is 20.2. The minimum Gasteiger partial charge on any atom is -0.469 e. The second kappa shape index (κ2) is 14.4. The van der Waals surface area contributed by atoms with Crippen molar-refractivity contribution in [3.8, 4) is 0 Å². The van der Waals surface area contributed by atoms with Crippen molar-refractivity contribution < 1.29 is 24.2 Å². The molecule has 1 aromatic carbocycles. The number of carbonyl (C=O) groups is 2. The topological polar surface area (TPSA) is 72.8 Å². The van der Waals surface area contributed by atoms with E-state index in [4.69, 9.17) is 16.3 Å². The fourth-order valence-electron chi connectivity index (χ4n) is 4.67. The monoisotopic (exact) mass is 478 g/mol. The number of ether oxygens (including phenoxy) is 2. The molecule has 184 valence electrons. The molecule has 0 heterocycles. The Hall–Kier alpha value is -1.85. The first-order valence-electron chi connectivity index (χ1n) is 12.2. The van der Waals surface area contributed by atoms with E-state index in [9.17, 15) is 14.7 Å². The van der Waals surface area contributed by atoms with E-state index in [1.54, 1.807) is 0 Å². The molecule has 5 nitrogen and oxygen atoms in total. The van der Waals surface area contributed by atoms with Crippen LogP contribution >= 0.6 is 11.6 Å². The van der Waals surface area contributed by atoms with Gasteiger partial charge in [0.05, 0.1) is 13.2 Å². The Labute approximate surface area is 203 Å². The van der Waals surface area contributed by atoms with E-state index in [2.05, 4.69) is 23.8 Å². The molecule has 0 radical (unpaired) electrons. The van der Waals surface area contributed by atoms with Gasteiger partial charge in [-0.1, -0.05) is 56.2 Å². The highest BCUT2D eigenvalue weighted by molar-refractivity contribution is 6.21. The number of unbranched alkanes of at least 4 members (excludes halogenated alkanes) is 3. The largest absolute Gasteiger partial charge is 0.469 e. The summed E-state index contributed by atoms with van der Waals surface area (Å²) < 4.78 is 10.2. The molecule has 1 aromatic rings. The van der Waals surface area contributed by atoms with Crippen LogP contribution in [0.3, 0.4) is 0 Å². The van der Waals surface area contributed by atoms with E-state index < -0.39 is 6.10 Å². The minimum absolute atomic E-state index is 0.0338. The van der Waals surface area contributed by atoms with Crippen LogP contribution in [-0.4, -0.2) is 35.6 Å². The molecule has 1 aliphatic rings. The number of hydrogen-bond acceptors (Lipinski definition) is 5. The molecular formula is C27H39ClO5. The molecule has 5 atom stereocenters. The first kappa shape index (κ1) is 27.4. The van der Waals surface area contributed by atoms with Gasteiger partial charge in [-0.3, -0.25) is 9.59 Å². The lowest BCUT2D eigenvalue weighted by Crippen LogP contribution is -2.18. The average molecular weight is 479 g/mol. The van der Waals surface area contributed by atoms with Gasteiger partial charge in [-0.05, 0) is 55.6 Å². The van der Waals surface area contributed by atoms with Crippen LogP contribution in [0, 0.1) is 5.92 Å². The van der Waals surface area contributed by atoms with Crippen LogP contribution < -0.4 is 0 Å². The first-order chi connectivity index (χ1) is 15.9. The third-order valence-electron chi connectivity index (χ3n) is 6.43. The molecule has 1 unspecified atom stereocenters. The maximum Gasteiger partial charge on any atom is 0.305 e. The second-order valence-electron chi connectivity index (χ2n) is 8.94. The van der Waals surface area contributed by atoms with E-state index in [1.807, 2.05) is 24.3 Å². The molecule has 1 saturated carbocycles. The highest BCUT2D eigenvalue weighted by Gasteiger charge is 2.41. The molecule has 6 heteroatoms. The van der Waals surface area contributed by atoms with Crippen molar-refractivity contribution in [2.75, 3.05) is 7.11 Å². The van der Waals surface area contributed by atoms with Crippen LogP contribution in [0.4, 0.5) is 0 Å². The van der Waals surface area contributed by atoms with Crippen molar-refractivity contribution in [3.63, 3.8) is 0 Å². The summed E-state index contributed by atoms with van der Waals surface area (Å²) in [4.78, 5) is 22.8. The minimum atomic E-state index is -0.482. The van der Waals surface area contributed by atoms with Gasteiger partial charge in [0.15, 0.2) is 0 Å². The molecule has 1 fully saturated rings. The summed E-state index contributed by atoms with van der Waals surface area (Å²) in [5, 5.41) is 10.6. The van der Waals surface area contributed by atoms with Crippen LogP contribution in [0.15, 0.2) is 36.4 Å². The Morgan fingerprint density at radius 2 is 1.91 bits per heavy atom. The van der Waals surface area contributed by atoms with E-state index >= 15 is 0 Å². The van der Waals surface area contributed by atoms with Gasteiger partial charge in [-0.15, -0.1) is 11.6 Å². The third kappa shape index (κ3) is 8.78. The predicted molar refractivity (Wildman–Crippen MR) is 131 cm³/mol. The van der Waals surface area contributed by atoms with E-state index in [-0.39, 0.29) is 35.3 Å². The lowest BCUT2D eigenvalue weighted by Gasteiger charge is -2.24. The number of benzene rings is 1. The van der Waals surface area contributed by atoms with Crippen molar-refractivity contribution >= 4 is 23.5 Å². The molecule has 2 rings (SSSR count). The van der Waals surface area contributed by atoms with Crippen molar-refractivity contribution in [2.24, 2.45) is 5.92 Å². The molecule has 0 spiro atoms. The summed E-state index contributed by atoms with van der Waals surface area (Å²) >= 11 is 6.62. The van der Waals surface area contributed by atoms with Gasteiger partial charge in [0.1, 0.15) is 6.10 Å². The van der Waals surface area contributed by atoms with Gasteiger partial charge in [0.2, 0.25) is 0 Å². The van der Waals surface area contributed by atoms with Crippen LogP contribution in [0.5, 0.6) is 0 Å². The van der Waals surface area contributed by atoms with E-state index in [0.29, 0.717) is 12.8 Å². The van der Waals surface area contributed by atoms with Crippen molar-refractivity contribution in [3.05, 3.63) is 47.5 Å². The number of methoxy groups -OCH3 is 1. The first-order valence-corrected chi connectivity index (χ1v) is 12.6. The SMILES string of the molecule is CCCCCC(OC(C)=O)c1ccc([C@H]2[C@@H](C/C=C\CCCC(=O)OC)[C@H](Cl)C[C@H]2O)cc1. The maximum absolute atomic E-state index is 11.6. The fraction of sp³-hybridized carbons (Fsp3) is 0.630. The summed E-state index contributed by atoms with van der Waals surface area (Å²) in [6, 6.07) is 8.12. The molecule has 0 bridgehead atoms. The number of alkyl halides is 1. The van der Waals surface area contributed by atoms with Crippen LogP contribution in [0.1, 0.15) is 94.8 Å². The molecule has 0 aliphatic heterocycles. The lowest BCUT2D eigenvalue weighted by molar-refractivity contribution is -0.147. The summed E-state index contributed by atoms with van der Waals surface area (Å²) in [7, 11) is 1.40. The molecule has 1 aliphatic carbocycles. The zero-order valence-corrected chi connectivity index (χ0v) is 20.9. The van der Waals surface area contributed by atoms with Gasteiger partial charge < -0.3 is 14.6 Å². The second-order valence-corrected chi connectivity index (χ2v) is 9.51. The molecule has 0 amide bonds. The number of carbonyl (C=O) groups excluding carboxylic acids is 2. The van der Waals surface area contributed by atoms with Crippen molar-refractivity contribution in [2.45, 2.75) is 95.1 Å². The van der Waals surface area contributed by atoms with Gasteiger partial charge in [-0.25, -0.2) is 0 Å². The van der Waals surface area contributed by atoms with Gasteiger partial charge in [-0.2, -0.15) is 0 Å². The van der Waals surface area contributed by atoms with Crippen molar-refractivity contribution in [1.29, 1.82) is 0 Å². The third-order valence-corrected chi connectivity index (χ3v) is 6.93. The standard InChI is InChI=1S/C27H39ClO5/c1-4-5-8-12-25(33-19(2)29)20-14-16-21(17-15-20)27-22(23(28)18-24(27)30)11-9-6-7-10-13-26(31)32-3/h6,9,14-17,22-25,27,30H,4-5,7-8,10-13,18H2,1-3H3/b9-6-/t22-,23+,24+,25?,27-/m0/s1. The highest BCUT2D eigenvalue weighted by atomic mass is 35.5. The van der Waals surface area contributed by atoms with E-state index in [1.165, 1.54) is 14.0 Å². The Morgan fingerprint density at radius 3 is 2.55 bits per heavy atom. The quantitative estimate of drug-likeness (QED) is 0.157. The molecular weight excluding hydrogens is 440 g/mol. The van der Waals surface area contributed by atoms with Crippen LogP contribution in [-0.2, 0) is 19.1 Å². The zero-order chi connectivity index (χ0) is 24.2. The summed E-state index contributed by atoms with van der Waals surface area (Å²) in [6.07, 6.45) is 10.9. The predicted octanol–water partition coefficient (Wildman–Crippen LogP) is 6.23. The Morgan fingerprint density at radius 1 is 1.18 bits per heavy atom. The number of halogens is 1. The average Bonchev–Trinajstić information content (AvgIpc) is 3.07. The Bertz CT molecular complexity index is 760. The van der Waals surface area contributed by atoms with Crippen molar-refractivity contribution in [1.82, 2.24) is 0 Å². The molecule has 0 aromatic heterocycles. The van der Waals surface area contributed by atoms with Gasteiger partial charge >= 0.3 is 11.9 Å². The van der Waals surface area contributed by atoms with Crippen LogP contribution in [0.2, 0.25) is 0 Å². The Balaban J connectivity index is 2.03. The number of esters is 2. The van der Waals surface area contributed by atoms with Gasteiger partial charge in [0.25, 0.3) is 0 Å². The summed E-state index contributed by atoms with van der Waals surface area (Å²) in [5.74, 6) is -0.352. The van der Waals surface area contributed by atoms with Gasteiger partial charge in [0, 0.05) is 24.6 Å². The lowest BCUT2D eigenvalue weighted by atomic mass is 9.84. The molecule has 33 heavy (non-hydrogen) atoms. The van der Waals surface area contributed by atoms with E-state index in [0.717, 1.165) is 56.1 Å². The smallest absolute Gasteiger partial charge is 0.305 e. The summed E-state index contributed by atoms with van der Waals surface area (Å²) in [5.41, 5.74) is 2.05. The number of aliphatic hydroxyl groups is 1. The van der Waals surface area contributed by atoms with Crippen LogP contribution in [0.25, 0.3) is 0 Å². The number of allylic oxidation sites excluding steroid dienone is 2. The molecule has 0 saturated heterocycles. The number of aliphatic hydroxyl groups excluding tert-OH is 1. The fourth-order valence-corrected chi connectivity index (χ4v) is 5.11. The number of hydrogen-bond donors (Lipinski definition) is 1. The highest BCUT2D eigenvalue weighted by Crippen LogP contribution is 2.45. The maximum atomic E-state index is 11.6.